The predicted octanol–water partition coefficient (Wildman–Crippen LogP) is 1.23. The minimum Gasteiger partial charge on any atom is -0.477 e. The maximum Gasteiger partial charge on any atom is 0.377 e. The molecule has 18 heavy (non-hydrogen) atoms. The van der Waals surface area contributed by atoms with Crippen molar-refractivity contribution in [1.82, 2.24) is 0 Å². The van der Waals surface area contributed by atoms with E-state index in [0.717, 1.165) is 6.42 Å². The van der Waals surface area contributed by atoms with Crippen LogP contribution in [0.25, 0.3) is 0 Å². The lowest BCUT2D eigenvalue weighted by atomic mass is 9.56. The number of carbonyl (C=O) groups is 1. The van der Waals surface area contributed by atoms with E-state index in [0.29, 0.717) is 23.7 Å². The highest BCUT2D eigenvalue weighted by Gasteiger charge is 2.97. The quantitative estimate of drug-likeness (QED) is 0.806. The number of hydrogen-bond donors (Lipinski definition) is 1. The summed E-state index contributed by atoms with van der Waals surface area (Å²) >= 11 is 0. The summed E-state index contributed by atoms with van der Waals surface area (Å²) in [6, 6.07) is 0. The van der Waals surface area contributed by atoms with Crippen molar-refractivity contribution in [2.24, 2.45) is 47.3 Å². The Balaban J connectivity index is 1.65. The van der Waals surface area contributed by atoms with Crippen molar-refractivity contribution in [1.29, 1.82) is 0 Å². The van der Waals surface area contributed by atoms with Crippen molar-refractivity contribution in [3.8, 4) is 0 Å². The van der Waals surface area contributed by atoms with Crippen molar-refractivity contribution in [2.75, 3.05) is 0 Å². The molecule has 2 aliphatic heterocycles. The predicted molar refractivity (Wildman–Crippen MR) is 52.7 cm³/mol. The maximum atomic E-state index is 14.3. The van der Waals surface area contributed by atoms with Gasteiger partial charge in [-0.3, -0.25) is 0 Å². The molecule has 2 saturated heterocycles. The molecule has 10 atom stereocenters. The van der Waals surface area contributed by atoms with Crippen LogP contribution in [0.15, 0.2) is 0 Å². The molecule has 7 fully saturated rings. The van der Waals surface area contributed by atoms with Crippen molar-refractivity contribution in [3.63, 3.8) is 0 Å². The van der Waals surface area contributed by atoms with E-state index in [2.05, 4.69) is 0 Å². The Morgan fingerprint density at radius 1 is 1.17 bits per heavy atom. The van der Waals surface area contributed by atoms with E-state index in [9.17, 15) is 13.6 Å². The molecule has 0 unspecified atom stereocenters. The normalized spacial score (nSPS) is 71.6. The second-order valence-electron chi connectivity index (χ2n) is 7.18. The summed E-state index contributed by atoms with van der Waals surface area (Å²) in [6.07, 6.45) is 1.03. The molecule has 2 heterocycles. The number of ether oxygens (including phenoxy) is 1. The molecule has 5 aliphatic carbocycles. The maximum absolute atomic E-state index is 14.3. The number of rotatable bonds is 2. The molecule has 0 aromatic rings. The van der Waals surface area contributed by atoms with E-state index in [1.165, 1.54) is 0 Å². The first kappa shape index (κ1) is 9.23. The number of carboxylic acid groups (broad SMARTS) is 1. The lowest BCUT2D eigenvalue weighted by Gasteiger charge is -2.46. The monoisotopic (exact) mass is 254 g/mol. The molecule has 7 rings (SSSR count). The molecule has 7 aliphatic rings. The Bertz CT molecular complexity index is 524. The van der Waals surface area contributed by atoms with Crippen LogP contribution < -0.4 is 0 Å². The Morgan fingerprint density at radius 2 is 1.94 bits per heavy atom. The first-order valence-corrected chi connectivity index (χ1v) is 6.81. The van der Waals surface area contributed by atoms with Gasteiger partial charge in [-0.25, -0.2) is 4.79 Å². The molecule has 4 bridgehead atoms. The number of halogens is 2. The van der Waals surface area contributed by atoms with Gasteiger partial charge in [0, 0.05) is 11.8 Å². The first-order chi connectivity index (χ1) is 8.52. The zero-order chi connectivity index (χ0) is 12.2. The molecule has 0 aromatic carbocycles. The van der Waals surface area contributed by atoms with Gasteiger partial charge >= 0.3 is 11.9 Å². The topological polar surface area (TPSA) is 46.5 Å². The van der Waals surface area contributed by atoms with Crippen LogP contribution in [0.1, 0.15) is 6.42 Å². The van der Waals surface area contributed by atoms with E-state index in [4.69, 9.17) is 9.84 Å². The number of aliphatic carboxylic acids is 1. The summed E-state index contributed by atoms with van der Waals surface area (Å²) in [5.74, 6) is -3.63. The highest BCUT2D eigenvalue weighted by atomic mass is 19.3. The van der Waals surface area contributed by atoms with E-state index < -0.39 is 17.5 Å². The van der Waals surface area contributed by atoms with Crippen molar-refractivity contribution in [3.05, 3.63) is 0 Å². The summed E-state index contributed by atoms with van der Waals surface area (Å²) < 4.78 is 34.4. The minimum absolute atomic E-state index is 0.0380. The zero-order valence-electron chi connectivity index (χ0n) is 9.42. The number of alkyl halides is 2. The van der Waals surface area contributed by atoms with Gasteiger partial charge in [0.1, 0.15) is 0 Å². The fraction of sp³-hybridized carbons (Fsp3) is 0.923. The highest BCUT2D eigenvalue weighted by molar-refractivity contribution is 5.78. The van der Waals surface area contributed by atoms with Crippen LogP contribution in [-0.4, -0.2) is 28.7 Å². The van der Waals surface area contributed by atoms with Crippen LogP contribution in [0.2, 0.25) is 0 Å². The SMILES string of the molecule is O=C(O)C(F)(F)[C@]12O[C@H]3[C@H]4[C@@H]5[C@@H]6C[C@H]([C@@H]5[C@H]41)[C@@H]2[C@@H]63. The average molecular weight is 254 g/mol. The van der Waals surface area contributed by atoms with Gasteiger partial charge in [-0.2, -0.15) is 8.78 Å². The minimum atomic E-state index is -3.71. The second kappa shape index (κ2) is 2.03. The van der Waals surface area contributed by atoms with Crippen molar-refractivity contribution >= 4 is 5.97 Å². The standard InChI is InChI=1S/C13H12F2O3/c14-13(15,11(16)17)12-8-3-1-2-4-5(3)9(12)7(4)10(18-12)6(2)8/h2-10H,1H2,(H,16,17)/t2-,3+,4+,5-,6+,7-,8+,9+,10+,12+/m0/s1. The fourth-order valence-electron chi connectivity index (χ4n) is 7.67. The van der Waals surface area contributed by atoms with Gasteiger partial charge in [0.05, 0.1) is 6.10 Å². The van der Waals surface area contributed by atoms with E-state index in [-0.39, 0.29) is 29.8 Å². The fourth-order valence-corrected chi connectivity index (χ4v) is 7.67. The Kier molecular flexibility index (Phi) is 1.04. The van der Waals surface area contributed by atoms with Gasteiger partial charge in [0.15, 0.2) is 5.60 Å². The average Bonchev–Trinajstić information content (AvgIpc) is 2.86. The molecule has 0 aromatic heterocycles. The Labute approximate surface area is 101 Å². The van der Waals surface area contributed by atoms with Crippen LogP contribution >= 0.6 is 0 Å². The molecule has 96 valence electrons. The molecular formula is C13H12F2O3. The van der Waals surface area contributed by atoms with Crippen molar-refractivity contribution < 1.29 is 23.4 Å². The molecule has 0 spiro atoms. The van der Waals surface area contributed by atoms with E-state index >= 15 is 0 Å². The molecule has 0 amide bonds. The molecule has 5 heteroatoms. The second-order valence-corrected chi connectivity index (χ2v) is 7.18. The lowest BCUT2D eigenvalue weighted by Crippen LogP contribution is -2.61. The smallest absolute Gasteiger partial charge is 0.377 e. The number of carboxylic acids is 1. The van der Waals surface area contributed by atoms with E-state index in [1.54, 1.807) is 0 Å². The van der Waals surface area contributed by atoms with Gasteiger partial charge < -0.3 is 9.84 Å². The summed E-state index contributed by atoms with van der Waals surface area (Å²) in [4.78, 5) is 11.0. The first-order valence-electron chi connectivity index (χ1n) is 6.81. The molecule has 0 radical (unpaired) electrons. The molecule has 5 saturated carbocycles. The third-order valence-electron chi connectivity index (χ3n) is 7.46. The van der Waals surface area contributed by atoms with Gasteiger partial charge in [-0.05, 0) is 41.9 Å². The Hall–Kier alpha value is -0.710. The van der Waals surface area contributed by atoms with Crippen LogP contribution in [0.4, 0.5) is 8.78 Å². The molecular weight excluding hydrogens is 242 g/mol. The summed E-state index contributed by atoms with van der Waals surface area (Å²) in [6.45, 7) is 0. The van der Waals surface area contributed by atoms with Gasteiger partial charge in [-0.15, -0.1) is 0 Å². The summed E-state index contributed by atoms with van der Waals surface area (Å²) in [7, 11) is 0. The number of hydrogen-bond acceptors (Lipinski definition) is 2. The lowest BCUT2D eigenvalue weighted by molar-refractivity contribution is -0.222. The van der Waals surface area contributed by atoms with Crippen LogP contribution in [-0.2, 0) is 9.53 Å². The van der Waals surface area contributed by atoms with Gasteiger partial charge in [-0.1, -0.05) is 0 Å². The molecule has 3 nitrogen and oxygen atoms in total. The van der Waals surface area contributed by atoms with Crippen molar-refractivity contribution in [2.45, 2.75) is 24.0 Å². The molecule has 1 N–H and O–H groups in total. The summed E-state index contributed by atoms with van der Waals surface area (Å²) in [5, 5.41) is 8.95. The van der Waals surface area contributed by atoms with Gasteiger partial charge in [0.2, 0.25) is 0 Å². The van der Waals surface area contributed by atoms with Gasteiger partial charge in [0.25, 0.3) is 0 Å². The van der Waals surface area contributed by atoms with Crippen LogP contribution in [0.5, 0.6) is 0 Å². The third-order valence-corrected chi connectivity index (χ3v) is 7.46. The Morgan fingerprint density at radius 3 is 2.67 bits per heavy atom. The van der Waals surface area contributed by atoms with E-state index in [1.807, 2.05) is 0 Å². The summed E-state index contributed by atoms with van der Waals surface area (Å²) in [5.41, 5.74) is -1.63. The third kappa shape index (κ3) is 0.497. The largest absolute Gasteiger partial charge is 0.477 e. The zero-order valence-corrected chi connectivity index (χ0v) is 9.42. The highest BCUT2D eigenvalue weighted by Crippen LogP contribution is 2.91. The van der Waals surface area contributed by atoms with Crippen LogP contribution in [0.3, 0.4) is 0 Å². The van der Waals surface area contributed by atoms with Crippen LogP contribution in [0, 0.1) is 47.3 Å².